The minimum Gasteiger partial charge on any atom is -0.485 e. The predicted molar refractivity (Wildman–Crippen MR) is 68.1 cm³/mol. The van der Waals surface area contributed by atoms with Gasteiger partial charge in [-0.25, -0.2) is 4.98 Å². The number of nitrogens with zero attached hydrogens (tertiary/aromatic N) is 1. The van der Waals surface area contributed by atoms with Crippen LogP contribution in [-0.2, 0) is 0 Å². The second kappa shape index (κ2) is 6.74. The van der Waals surface area contributed by atoms with Gasteiger partial charge in [0.15, 0.2) is 5.75 Å². The Morgan fingerprint density at radius 3 is 2.81 bits per heavy atom. The van der Waals surface area contributed by atoms with Crippen LogP contribution in [0, 0.1) is 0 Å². The molecule has 0 saturated heterocycles. The molecular formula is C12H18BrNO2. The quantitative estimate of drug-likeness (QED) is 0.746. The molecule has 0 aliphatic heterocycles. The van der Waals surface area contributed by atoms with Crippen molar-refractivity contribution in [3.8, 4) is 11.6 Å². The summed E-state index contributed by atoms with van der Waals surface area (Å²) in [5, 5.41) is 0. The molecule has 1 rings (SSSR count). The molecule has 4 heteroatoms. The molecule has 0 fully saturated rings. The highest BCUT2D eigenvalue weighted by Gasteiger charge is 2.09. The number of halogens is 1. The molecule has 0 spiro atoms. The fraction of sp³-hybridized carbons (Fsp3) is 0.583. The van der Waals surface area contributed by atoms with Gasteiger partial charge in [0.2, 0.25) is 0 Å². The van der Waals surface area contributed by atoms with E-state index in [1.165, 1.54) is 0 Å². The molecule has 0 aliphatic rings. The zero-order valence-corrected chi connectivity index (χ0v) is 11.6. The van der Waals surface area contributed by atoms with Crippen LogP contribution in [0.15, 0.2) is 16.7 Å². The minimum absolute atomic E-state index is 0.115. The monoisotopic (exact) mass is 287 g/mol. The van der Waals surface area contributed by atoms with E-state index in [-0.39, 0.29) is 6.10 Å². The summed E-state index contributed by atoms with van der Waals surface area (Å²) in [4.78, 5) is 4.21. The van der Waals surface area contributed by atoms with E-state index in [1.54, 1.807) is 6.20 Å². The molecular weight excluding hydrogens is 270 g/mol. The van der Waals surface area contributed by atoms with Crippen LogP contribution in [0.1, 0.15) is 33.6 Å². The second-order valence-corrected chi connectivity index (χ2v) is 4.74. The van der Waals surface area contributed by atoms with Gasteiger partial charge in [0.25, 0.3) is 5.88 Å². The standard InChI is InChI=1S/C12H18BrNO2/c1-4-5-6-15-12-11(16-9(2)3)7-10(13)8-14-12/h7-9H,4-6H2,1-3H3. The predicted octanol–water partition coefficient (Wildman–Crippen LogP) is 3.81. The maximum Gasteiger partial charge on any atom is 0.257 e. The first-order valence-electron chi connectivity index (χ1n) is 5.58. The Kier molecular flexibility index (Phi) is 5.60. The van der Waals surface area contributed by atoms with Crippen LogP contribution in [0.2, 0.25) is 0 Å². The Balaban J connectivity index is 2.72. The van der Waals surface area contributed by atoms with Gasteiger partial charge in [-0.2, -0.15) is 0 Å². The lowest BCUT2D eigenvalue weighted by Gasteiger charge is -2.14. The summed E-state index contributed by atoms with van der Waals surface area (Å²) in [6.45, 7) is 6.77. The molecule has 3 nitrogen and oxygen atoms in total. The average molecular weight is 288 g/mol. The SMILES string of the molecule is CCCCOc1ncc(Br)cc1OC(C)C. The Morgan fingerprint density at radius 2 is 2.19 bits per heavy atom. The van der Waals surface area contributed by atoms with Gasteiger partial charge in [-0.05, 0) is 36.2 Å². The summed E-state index contributed by atoms with van der Waals surface area (Å²) >= 11 is 3.37. The Morgan fingerprint density at radius 1 is 1.44 bits per heavy atom. The first-order valence-corrected chi connectivity index (χ1v) is 6.37. The number of hydrogen-bond donors (Lipinski definition) is 0. The van der Waals surface area contributed by atoms with Gasteiger partial charge in [0.1, 0.15) is 0 Å². The normalized spacial score (nSPS) is 10.6. The number of pyridine rings is 1. The third kappa shape index (κ3) is 4.39. The zero-order chi connectivity index (χ0) is 12.0. The molecule has 1 aromatic heterocycles. The van der Waals surface area contributed by atoms with E-state index in [9.17, 15) is 0 Å². The van der Waals surface area contributed by atoms with Crippen LogP contribution in [0.5, 0.6) is 11.6 Å². The van der Waals surface area contributed by atoms with Crippen LogP contribution in [0.3, 0.4) is 0 Å². The zero-order valence-electron chi connectivity index (χ0n) is 10.00. The van der Waals surface area contributed by atoms with Crippen molar-refractivity contribution in [1.29, 1.82) is 0 Å². The number of hydrogen-bond acceptors (Lipinski definition) is 3. The molecule has 0 saturated carbocycles. The first kappa shape index (κ1) is 13.3. The largest absolute Gasteiger partial charge is 0.485 e. The summed E-state index contributed by atoms with van der Waals surface area (Å²) in [6.07, 6.45) is 3.97. The van der Waals surface area contributed by atoms with Crippen molar-refractivity contribution in [2.24, 2.45) is 0 Å². The molecule has 0 bridgehead atoms. The molecule has 0 aromatic carbocycles. The molecule has 1 aromatic rings. The molecule has 0 aliphatic carbocycles. The highest BCUT2D eigenvalue weighted by Crippen LogP contribution is 2.28. The first-order chi connectivity index (χ1) is 7.63. The molecule has 0 unspecified atom stereocenters. The van der Waals surface area contributed by atoms with E-state index in [1.807, 2.05) is 19.9 Å². The molecule has 0 N–H and O–H groups in total. The van der Waals surface area contributed by atoms with Crippen molar-refractivity contribution in [2.75, 3.05) is 6.61 Å². The smallest absolute Gasteiger partial charge is 0.257 e. The fourth-order valence-electron chi connectivity index (χ4n) is 1.17. The Labute approximate surface area is 105 Å². The van der Waals surface area contributed by atoms with Crippen molar-refractivity contribution in [3.63, 3.8) is 0 Å². The lowest BCUT2D eigenvalue weighted by Crippen LogP contribution is -2.08. The summed E-state index contributed by atoms with van der Waals surface area (Å²) in [7, 11) is 0. The van der Waals surface area contributed by atoms with E-state index in [4.69, 9.17) is 9.47 Å². The van der Waals surface area contributed by atoms with Crippen molar-refractivity contribution >= 4 is 15.9 Å². The van der Waals surface area contributed by atoms with E-state index in [0.717, 1.165) is 17.3 Å². The van der Waals surface area contributed by atoms with Gasteiger partial charge in [-0.3, -0.25) is 0 Å². The van der Waals surface area contributed by atoms with Gasteiger partial charge in [-0.15, -0.1) is 0 Å². The van der Waals surface area contributed by atoms with Gasteiger partial charge in [-0.1, -0.05) is 13.3 Å². The molecule has 0 atom stereocenters. The highest BCUT2D eigenvalue weighted by atomic mass is 79.9. The van der Waals surface area contributed by atoms with Crippen molar-refractivity contribution in [3.05, 3.63) is 16.7 Å². The third-order valence-corrected chi connectivity index (χ3v) is 2.32. The van der Waals surface area contributed by atoms with Crippen LogP contribution in [-0.4, -0.2) is 17.7 Å². The maximum atomic E-state index is 5.64. The summed E-state index contributed by atoms with van der Waals surface area (Å²) in [6, 6.07) is 1.88. The van der Waals surface area contributed by atoms with Crippen LogP contribution in [0.25, 0.3) is 0 Å². The molecule has 90 valence electrons. The fourth-order valence-corrected chi connectivity index (χ4v) is 1.48. The Bertz CT molecular complexity index is 329. The second-order valence-electron chi connectivity index (χ2n) is 3.83. The molecule has 0 amide bonds. The van der Waals surface area contributed by atoms with E-state index < -0.39 is 0 Å². The summed E-state index contributed by atoms with van der Waals surface area (Å²) < 4.78 is 12.1. The van der Waals surface area contributed by atoms with E-state index in [0.29, 0.717) is 18.2 Å². The van der Waals surface area contributed by atoms with Gasteiger partial charge < -0.3 is 9.47 Å². The topological polar surface area (TPSA) is 31.4 Å². The summed E-state index contributed by atoms with van der Waals surface area (Å²) in [5.41, 5.74) is 0. The number of aromatic nitrogens is 1. The van der Waals surface area contributed by atoms with Crippen molar-refractivity contribution in [1.82, 2.24) is 4.98 Å². The molecule has 1 heterocycles. The maximum absolute atomic E-state index is 5.64. The van der Waals surface area contributed by atoms with E-state index >= 15 is 0 Å². The highest BCUT2D eigenvalue weighted by molar-refractivity contribution is 9.10. The third-order valence-electron chi connectivity index (χ3n) is 1.88. The van der Waals surface area contributed by atoms with Gasteiger partial charge in [0, 0.05) is 16.7 Å². The molecule has 16 heavy (non-hydrogen) atoms. The van der Waals surface area contributed by atoms with Crippen LogP contribution >= 0.6 is 15.9 Å². The molecule has 0 radical (unpaired) electrons. The number of ether oxygens (including phenoxy) is 2. The van der Waals surface area contributed by atoms with E-state index in [2.05, 4.69) is 27.8 Å². The van der Waals surface area contributed by atoms with Gasteiger partial charge >= 0.3 is 0 Å². The van der Waals surface area contributed by atoms with Gasteiger partial charge in [0.05, 0.1) is 12.7 Å². The van der Waals surface area contributed by atoms with Crippen molar-refractivity contribution < 1.29 is 9.47 Å². The number of rotatable bonds is 6. The van der Waals surface area contributed by atoms with Crippen LogP contribution in [0.4, 0.5) is 0 Å². The average Bonchev–Trinajstić information content (AvgIpc) is 2.20. The number of unbranched alkanes of at least 4 members (excludes halogenated alkanes) is 1. The lowest BCUT2D eigenvalue weighted by molar-refractivity contribution is 0.215. The Hall–Kier alpha value is -0.770. The van der Waals surface area contributed by atoms with Crippen molar-refractivity contribution in [2.45, 2.75) is 39.7 Å². The van der Waals surface area contributed by atoms with Crippen LogP contribution < -0.4 is 9.47 Å². The minimum atomic E-state index is 0.115. The summed E-state index contributed by atoms with van der Waals surface area (Å²) in [5.74, 6) is 1.27. The lowest BCUT2D eigenvalue weighted by atomic mass is 10.3.